The van der Waals surface area contributed by atoms with Gasteiger partial charge < -0.3 is 24.4 Å². The number of nitrogens with zero attached hydrogens (tertiary/aromatic N) is 3. The van der Waals surface area contributed by atoms with Crippen molar-refractivity contribution in [2.75, 3.05) is 36.5 Å². The summed E-state index contributed by atoms with van der Waals surface area (Å²) in [6.45, 7) is 8.30. The van der Waals surface area contributed by atoms with Crippen molar-refractivity contribution in [2.45, 2.75) is 33.6 Å². The largest absolute Gasteiger partial charge is 0.494 e. The molecule has 0 atom stereocenters. The zero-order valence-electron chi connectivity index (χ0n) is 20.5. The maximum atomic E-state index is 13.1. The van der Waals surface area contributed by atoms with Crippen LogP contribution in [0.25, 0.3) is 0 Å². The van der Waals surface area contributed by atoms with Crippen LogP contribution in [-0.4, -0.2) is 42.2 Å². The Kier molecular flexibility index (Phi) is 8.03. The molecule has 2 heterocycles. The summed E-state index contributed by atoms with van der Waals surface area (Å²) in [5.41, 5.74) is 1.79. The second kappa shape index (κ2) is 11.6. The first-order chi connectivity index (χ1) is 17.1. The number of ether oxygens (including phenoxy) is 3. The van der Waals surface area contributed by atoms with E-state index in [4.69, 9.17) is 14.2 Å². The number of hydrogen-bond acceptors (Lipinski definition) is 7. The SMILES string of the molecule is CCOc1ccc(OCC)c(NC(=O)C2CCN(c3nccnc3Oc3ccc(C)cc3)CC2)c1. The third kappa shape index (κ3) is 6.20. The standard InChI is InChI=1S/C27H32N4O4/c1-4-33-22-10-11-24(34-5-2)23(18-22)30-26(32)20-12-16-31(17-13-20)25-27(29-15-14-28-25)35-21-8-6-19(3)7-9-21/h6-11,14-15,18,20H,4-5,12-13,16-17H2,1-3H3,(H,30,32). The Morgan fingerprint density at radius 3 is 2.37 bits per heavy atom. The van der Waals surface area contributed by atoms with Crippen molar-refractivity contribution in [1.29, 1.82) is 0 Å². The van der Waals surface area contributed by atoms with Crippen LogP contribution >= 0.6 is 0 Å². The van der Waals surface area contributed by atoms with Crippen LogP contribution in [0, 0.1) is 12.8 Å². The summed E-state index contributed by atoms with van der Waals surface area (Å²) in [4.78, 5) is 24.1. The van der Waals surface area contributed by atoms with Crippen LogP contribution in [0.4, 0.5) is 11.5 Å². The second-order valence-electron chi connectivity index (χ2n) is 8.37. The summed E-state index contributed by atoms with van der Waals surface area (Å²) in [5.74, 6) is 3.07. The summed E-state index contributed by atoms with van der Waals surface area (Å²) in [6, 6.07) is 13.3. The topological polar surface area (TPSA) is 85.8 Å². The maximum absolute atomic E-state index is 13.1. The fourth-order valence-corrected chi connectivity index (χ4v) is 4.06. The van der Waals surface area contributed by atoms with Gasteiger partial charge in [0, 0.05) is 37.5 Å². The van der Waals surface area contributed by atoms with E-state index >= 15 is 0 Å². The third-order valence-electron chi connectivity index (χ3n) is 5.87. The predicted octanol–water partition coefficient (Wildman–Crippen LogP) is 5.23. The third-order valence-corrected chi connectivity index (χ3v) is 5.87. The van der Waals surface area contributed by atoms with Crippen molar-refractivity contribution in [3.8, 4) is 23.1 Å². The Hall–Kier alpha value is -3.81. The van der Waals surface area contributed by atoms with Gasteiger partial charge in [-0.25, -0.2) is 9.97 Å². The fourth-order valence-electron chi connectivity index (χ4n) is 4.06. The van der Waals surface area contributed by atoms with E-state index in [2.05, 4.69) is 20.2 Å². The minimum Gasteiger partial charge on any atom is -0.494 e. The molecule has 0 unspecified atom stereocenters. The molecule has 1 aliphatic heterocycles. The van der Waals surface area contributed by atoms with Gasteiger partial charge in [0.2, 0.25) is 5.91 Å². The number of amides is 1. The van der Waals surface area contributed by atoms with Gasteiger partial charge in [0.15, 0.2) is 5.82 Å². The Morgan fingerprint density at radius 2 is 1.66 bits per heavy atom. The molecular weight excluding hydrogens is 444 g/mol. The molecule has 1 amide bonds. The number of carbonyl (C=O) groups excluding carboxylic acids is 1. The molecule has 1 aliphatic rings. The summed E-state index contributed by atoms with van der Waals surface area (Å²) in [6.07, 6.45) is 4.68. The van der Waals surface area contributed by atoms with Gasteiger partial charge in [-0.3, -0.25) is 4.79 Å². The van der Waals surface area contributed by atoms with E-state index in [-0.39, 0.29) is 11.8 Å². The van der Waals surface area contributed by atoms with Crippen LogP contribution in [0.5, 0.6) is 23.1 Å². The quantitative estimate of drug-likeness (QED) is 0.453. The first-order valence-corrected chi connectivity index (χ1v) is 12.1. The molecule has 184 valence electrons. The molecule has 1 saturated heterocycles. The normalized spacial score (nSPS) is 13.9. The molecule has 3 aromatic rings. The first-order valence-electron chi connectivity index (χ1n) is 12.1. The molecule has 1 fully saturated rings. The van der Waals surface area contributed by atoms with Crippen LogP contribution in [0.2, 0.25) is 0 Å². The Labute approximate surface area is 206 Å². The van der Waals surface area contributed by atoms with Gasteiger partial charge in [-0.1, -0.05) is 17.7 Å². The van der Waals surface area contributed by atoms with Crippen molar-refractivity contribution in [3.63, 3.8) is 0 Å². The number of aromatic nitrogens is 2. The van der Waals surface area contributed by atoms with Gasteiger partial charge >= 0.3 is 0 Å². The zero-order chi connectivity index (χ0) is 24.6. The molecule has 0 saturated carbocycles. The van der Waals surface area contributed by atoms with Crippen LogP contribution in [0.1, 0.15) is 32.3 Å². The summed E-state index contributed by atoms with van der Waals surface area (Å²) >= 11 is 0. The van der Waals surface area contributed by atoms with Gasteiger partial charge in [-0.2, -0.15) is 0 Å². The highest BCUT2D eigenvalue weighted by Gasteiger charge is 2.28. The predicted molar refractivity (Wildman–Crippen MR) is 136 cm³/mol. The van der Waals surface area contributed by atoms with E-state index in [0.29, 0.717) is 73.8 Å². The fraction of sp³-hybridized carbons (Fsp3) is 0.370. The maximum Gasteiger partial charge on any atom is 0.263 e. The van der Waals surface area contributed by atoms with Gasteiger partial charge in [0.25, 0.3) is 5.88 Å². The molecule has 0 aliphatic carbocycles. The first kappa shape index (κ1) is 24.3. The van der Waals surface area contributed by atoms with Crippen LogP contribution in [0.15, 0.2) is 54.9 Å². The number of carbonyl (C=O) groups is 1. The number of hydrogen-bond donors (Lipinski definition) is 1. The number of nitrogens with one attached hydrogen (secondary N) is 1. The van der Waals surface area contributed by atoms with Crippen LogP contribution in [0.3, 0.4) is 0 Å². The molecule has 1 N–H and O–H groups in total. The van der Waals surface area contributed by atoms with E-state index < -0.39 is 0 Å². The van der Waals surface area contributed by atoms with E-state index in [1.165, 1.54) is 0 Å². The Balaban J connectivity index is 1.40. The molecule has 8 nitrogen and oxygen atoms in total. The van der Waals surface area contributed by atoms with Crippen LogP contribution < -0.4 is 24.4 Å². The number of benzene rings is 2. The minimum absolute atomic E-state index is 0.0190. The van der Waals surface area contributed by atoms with E-state index in [9.17, 15) is 4.79 Å². The summed E-state index contributed by atoms with van der Waals surface area (Å²) < 4.78 is 17.3. The molecule has 2 aromatic carbocycles. The number of rotatable bonds is 9. The van der Waals surface area contributed by atoms with E-state index in [0.717, 1.165) is 5.56 Å². The highest BCUT2D eigenvalue weighted by molar-refractivity contribution is 5.94. The monoisotopic (exact) mass is 476 g/mol. The van der Waals surface area contributed by atoms with Gasteiger partial charge in [-0.15, -0.1) is 0 Å². The van der Waals surface area contributed by atoms with E-state index in [1.54, 1.807) is 12.4 Å². The summed E-state index contributed by atoms with van der Waals surface area (Å²) in [7, 11) is 0. The molecule has 35 heavy (non-hydrogen) atoms. The van der Waals surface area contributed by atoms with Crippen molar-refractivity contribution < 1.29 is 19.0 Å². The van der Waals surface area contributed by atoms with Crippen molar-refractivity contribution in [3.05, 3.63) is 60.4 Å². The molecule has 0 radical (unpaired) electrons. The Bertz CT molecular complexity index is 1130. The smallest absolute Gasteiger partial charge is 0.263 e. The average Bonchev–Trinajstić information content (AvgIpc) is 2.88. The Morgan fingerprint density at radius 1 is 0.971 bits per heavy atom. The highest BCUT2D eigenvalue weighted by atomic mass is 16.5. The number of anilines is 2. The van der Waals surface area contributed by atoms with Gasteiger partial charge in [-0.05, 0) is 57.9 Å². The van der Waals surface area contributed by atoms with Gasteiger partial charge in [0.1, 0.15) is 17.2 Å². The lowest BCUT2D eigenvalue weighted by Crippen LogP contribution is -2.38. The minimum atomic E-state index is -0.116. The van der Waals surface area contributed by atoms with Crippen molar-refractivity contribution >= 4 is 17.4 Å². The van der Waals surface area contributed by atoms with Crippen LogP contribution in [-0.2, 0) is 4.79 Å². The molecule has 0 bridgehead atoms. The van der Waals surface area contributed by atoms with E-state index in [1.807, 2.05) is 63.2 Å². The lowest BCUT2D eigenvalue weighted by Gasteiger charge is -2.32. The lowest BCUT2D eigenvalue weighted by molar-refractivity contribution is -0.120. The number of aryl methyl sites for hydroxylation is 1. The highest BCUT2D eigenvalue weighted by Crippen LogP contribution is 2.33. The average molecular weight is 477 g/mol. The number of piperidine rings is 1. The molecule has 8 heteroatoms. The van der Waals surface area contributed by atoms with Gasteiger partial charge in [0.05, 0.1) is 18.9 Å². The molecule has 4 rings (SSSR count). The molecular formula is C27H32N4O4. The second-order valence-corrected chi connectivity index (χ2v) is 8.37. The molecule has 0 spiro atoms. The molecule has 1 aromatic heterocycles. The van der Waals surface area contributed by atoms with Crippen molar-refractivity contribution in [1.82, 2.24) is 9.97 Å². The van der Waals surface area contributed by atoms with Crippen molar-refractivity contribution in [2.24, 2.45) is 5.92 Å². The zero-order valence-corrected chi connectivity index (χ0v) is 20.5. The lowest BCUT2D eigenvalue weighted by atomic mass is 9.95. The summed E-state index contributed by atoms with van der Waals surface area (Å²) in [5, 5.41) is 3.05.